The van der Waals surface area contributed by atoms with Gasteiger partial charge < -0.3 is 4.90 Å². The molecule has 0 aliphatic carbocycles. The average molecular weight is 922 g/mol. The maximum Gasteiger partial charge on any atom is 0.0540 e. The maximum absolute atomic E-state index is 2.46. The molecule has 0 spiro atoms. The molecule has 16 rings (SSSR count). The van der Waals surface area contributed by atoms with Crippen LogP contribution in [-0.2, 0) is 0 Å². The van der Waals surface area contributed by atoms with E-state index in [9.17, 15) is 0 Å². The quantitative estimate of drug-likeness (QED) is 0.114. The van der Waals surface area contributed by atoms with Crippen LogP contribution in [0.1, 0.15) is 0 Å². The van der Waals surface area contributed by atoms with Gasteiger partial charge in [0.05, 0.1) is 5.69 Å². The van der Waals surface area contributed by atoms with Crippen molar-refractivity contribution < 1.29 is 0 Å². The Morgan fingerprint density at radius 2 is 0.507 bits per heavy atom. The normalized spacial score (nSPS) is 12.1. The zero-order valence-corrected chi connectivity index (χ0v) is 39.8. The van der Waals surface area contributed by atoms with Crippen LogP contribution < -0.4 is 4.90 Å². The van der Waals surface area contributed by atoms with Crippen LogP contribution in [0, 0.1) is 0 Å². The molecular formula is C72H43N. The third-order valence-electron chi connectivity index (χ3n) is 16.1. The van der Waals surface area contributed by atoms with Crippen molar-refractivity contribution in [2.45, 2.75) is 0 Å². The molecule has 0 aromatic heterocycles. The maximum atomic E-state index is 2.46. The molecule has 0 radical (unpaired) electrons. The van der Waals surface area contributed by atoms with Gasteiger partial charge in [-0.3, -0.25) is 0 Å². The molecule has 0 unspecified atom stereocenters. The topological polar surface area (TPSA) is 3.24 Å². The summed E-state index contributed by atoms with van der Waals surface area (Å²) in [5.41, 5.74) is 13.2. The molecule has 0 fully saturated rings. The number of fused-ring (bicyclic) bond motifs is 8. The summed E-state index contributed by atoms with van der Waals surface area (Å²) in [6.45, 7) is 0. The van der Waals surface area contributed by atoms with Crippen LogP contribution >= 0.6 is 0 Å². The Hall–Kier alpha value is -9.56. The highest BCUT2D eigenvalue weighted by Gasteiger charge is 2.30. The first-order valence-electron chi connectivity index (χ1n) is 25.4. The zero-order chi connectivity index (χ0) is 47.7. The Morgan fingerprint density at radius 3 is 0.986 bits per heavy atom. The fourth-order valence-electron chi connectivity index (χ4n) is 13.1. The lowest BCUT2D eigenvalue weighted by molar-refractivity contribution is 1.30. The van der Waals surface area contributed by atoms with Crippen LogP contribution in [0.2, 0.25) is 0 Å². The number of anilines is 3. The van der Waals surface area contributed by atoms with Gasteiger partial charge in [-0.05, 0) is 166 Å². The molecule has 1 nitrogen and oxygen atoms in total. The van der Waals surface area contributed by atoms with Crippen molar-refractivity contribution in [3.8, 4) is 44.5 Å². The van der Waals surface area contributed by atoms with E-state index < -0.39 is 0 Å². The van der Waals surface area contributed by atoms with Gasteiger partial charge in [0, 0.05) is 16.8 Å². The Labute approximate surface area is 422 Å². The molecular weight excluding hydrogens is 879 g/mol. The summed E-state index contributed by atoms with van der Waals surface area (Å²) in [5.74, 6) is 0. The van der Waals surface area contributed by atoms with E-state index in [-0.39, 0.29) is 0 Å². The zero-order valence-electron chi connectivity index (χ0n) is 39.8. The van der Waals surface area contributed by atoms with Crippen LogP contribution in [0.4, 0.5) is 17.1 Å². The number of benzene rings is 14. The average Bonchev–Trinajstić information content (AvgIpc) is 4.00. The minimum atomic E-state index is 1.10. The van der Waals surface area contributed by atoms with Gasteiger partial charge in [-0.2, -0.15) is 0 Å². The molecule has 0 saturated heterocycles. The van der Waals surface area contributed by atoms with E-state index in [2.05, 4.69) is 266 Å². The minimum Gasteiger partial charge on any atom is -0.310 e. The van der Waals surface area contributed by atoms with Crippen molar-refractivity contribution in [2.24, 2.45) is 0 Å². The Morgan fingerprint density at radius 1 is 0.178 bits per heavy atom. The molecule has 73 heavy (non-hydrogen) atoms. The molecule has 16 aromatic carbocycles. The van der Waals surface area contributed by atoms with Crippen molar-refractivity contribution in [1.82, 2.24) is 0 Å². The number of nitrogens with zero attached hydrogens (tertiary/aromatic N) is 1. The van der Waals surface area contributed by atoms with Gasteiger partial charge in [0.1, 0.15) is 0 Å². The lowest BCUT2D eigenvalue weighted by Crippen LogP contribution is -2.10. The first kappa shape index (κ1) is 40.2. The van der Waals surface area contributed by atoms with Gasteiger partial charge in [-0.15, -0.1) is 0 Å². The van der Waals surface area contributed by atoms with Crippen molar-refractivity contribution in [3.63, 3.8) is 0 Å². The van der Waals surface area contributed by atoms with Gasteiger partial charge in [0.2, 0.25) is 0 Å². The molecule has 0 heterocycles. The van der Waals surface area contributed by atoms with Crippen molar-refractivity contribution in [1.29, 1.82) is 0 Å². The molecule has 0 amide bonds. The second kappa shape index (κ2) is 15.5. The SMILES string of the molecule is c1ccc(-c2ccc(N(c3ccc(-c4ccccc4)cc3)c3ccc4c5c(-c6ccccc6)c6c7ccc8c9cccc%10cccc(c%11ccc(c6c(-c6ccccc6)c5c5cccc3c54)c7c%118)c%109)cc2)cc1. The Balaban J connectivity index is 1.03. The molecule has 1 heteroatoms. The third kappa shape index (κ3) is 5.73. The van der Waals surface area contributed by atoms with Crippen LogP contribution in [0.15, 0.2) is 261 Å². The van der Waals surface area contributed by atoms with E-state index in [1.54, 1.807) is 0 Å². The van der Waals surface area contributed by atoms with Crippen LogP contribution in [0.5, 0.6) is 0 Å². The predicted octanol–water partition coefficient (Wildman–Crippen LogP) is 20.5. The largest absolute Gasteiger partial charge is 0.310 e. The highest BCUT2D eigenvalue weighted by atomic mass is 15.1. The van der Waals surface area contributed by atoms with Gasteiger partial charge in [-0.1, -0.05) is 231 Å². The molecule has 336 valence electrons. The summed E-state index contributed by atoms with van der Waals surface area (Å²) >= 11 is 0. The van der Waals surface area contributed by atoms with Crippen molar-refractivity contribution in [2.75, 3.05) is 4.90 Å². The van der Waals surface area contributed by atoms with E-state index in [4.69, 9.17) is 0 Å². The summed E-state index contributed by atoms with van der Waals surface area (Å²) in [6.07, 6.45) is 0. The molecule has 16 aromatic rings. The molecule has 0 saturated carbocycles. The summed E-state index contributed by atoms with van der Waals surface area (Å²) in [6, 6.07) is 97.1. The van der Waals surface area contributed by atoms with E-state index in [1.807, 2.05) is 0 Å². The molecule has 0 aliphatic heterocycles. The van der Waals surface area contributed by atoms with E-state index in [0.29, 0.717) is 0 Å². The van der Waals surface area contributed by atoms with Crippen molar-refractivity contribution >= 4 is 114 Å². The minimum absolute atomic E-state index is 1.10. The van der Waals surface area contributed by atoms with Crippen LogP contribution in [0.25, 0.3) is 141 Å². The Bertz CT molecular complexity index is 4510. The molecule has 0 aliphatic rings. The number of rotatable bonds is 7. The van der Waals surface area contributed by atoms with Gasteiger partial charge in [-0.25, -0.2) is 0 Å². The number of hydrogen-bond acceptors (Lipinski definition) is 1. The first-order valence-corrected chi connectivity index (χ1v) is 25.4. The van der Waals surface area contributed by atoms with Gasteiger partial charge in [0.25, 0.3) is 0 Å². The summed E-state index contributed by atoms with van der Waals surface area (Å²) in [7, 11) is 0. The molecule has 0 bridgehead atoms. The highest BCUT2D eigenvalue weighted by molar-refractivity contribution is 6.49. The fourth-order valence-corrected chi connectivity index (χ4v) is 13.1. The second-order valence-corrected chi connectivity index (χ2v) is 19.8. The van der Waals surface area contributed by atoms with Gasteiger partial charge >= 0.3 is 0 Å². The fraction of sp³-hybridized carbons (Fsp3) is 0. The smallest absolute Gasteiger partial charge is 0.0540 e. The predicted molar refractivity (Wildman–Crippen MR) is 314 cm³/mol. The lowest BCUT2D eigenvalue weighted by Gasteiger charge is -2.27. The van der Waals surface area contributed by atoms with Crippen LogP contribution in [0.3, 0.4) is 0 Å². The monoisotopic (exact) mass is 921 g/mol. The summed E-state index contributed by atoms with van der Waals surface area (Å²) < 4.78 is 0. The summed E-state index contributed by atoms with van der Waals surface area (Å²) in [4.78, 5) is 2.46. The van der Waals surface area contributed by atoms with E-state index >= 15 is 0 Å². The van der Waals surface area contributed by atoms with Crippen LogP contribution in [-0.4, -0.2) is 0 Å². The second-order valence-electron chi connectivity index (χ2n) is 19.8. The molecule has 0 N–H and O–H groups in total. The highest BCUT2D eigenvalue weighted by Crippen LogP contribution is 2.58. The first-order chi connectivity index (χ1) is 36.3. The van der Waals surface area contributed by atoms with Crippen molar-refractivity contribution in [3.05, 3.63) is 261 Å². The van der Waals surface area contributed by atoms with E-state index in [0.717, 1.165) is 17.1 Å². The lowest BCUT2D eigenvalue weighted by atomic mass is 9.87. The molecule has 0 atom stereocenters. The van der Waals surface area contributed by atoms with Gasteiger partial charge in [0.15, 0.2) is 0 Å². The number of hydrogen-bond donors (Lipinski definition) is 0. The summed E-state index contributed by atoms with van der Waals surface area (Å²) in [5, 5.41) is 23.5. The van der Waals surface area contributed by atoms with E-state index in [1.165, 1.54) is 141 Å². The standard InChI is InChI=1S/C72H43N/c1-5-16-44(17-6-1)46-30-34-51(35-31-46)73(52-36-32-47(33-37-52)45-18-7-2-8-19-45)62-43-42-59-66-57(62)28-15-29-58(66)69-64(49-20-9-3-10-21-49)71-60-40-38-55-53-26-13-24-48-25-14-27-54(63(48)53)56-39-41-61(68(60)67(55)56)72(71)65(70(59)69)50-22-11-4-12-23-50/h1-43H. The Kier molecular flexibility index (Phi) is 8.52. The third-order valence-corrected chi connectivity index (χ3v) is 16.1.